The molecule has 0 aromatic carbocycles. The molecule has 0 heterocycles. The first kappa shape index (κ1) is 59.9. The van der Waals surface area contributed by atoms with Crippen LogP contribution in [-0.4, -0.2) is 37.2 Å². The molecule has 6 nitrogen and oxygen atoms in total. The van der Waals surface area contributed by atoms with Crippen LogP contribution in [0.1, 0.15) is 297 Å². The Kier molecular flexibility index (Phi) is 49.8. The number of esters is 3. The monoisotopic (exact) mass is 873 g/mol. The Morgan fingerprint density at radius 3 is 0.903 bits per heavy atom. The van der Waals surface area contributed by atoms with Crippen LogP contribution in [0.25, 0.3) is 0 Å². The molecule has 0 spiro atoms. The summed E-state index contributed by atoms with van der Waals surface area (Å²) in [6, 6.07) is 0. The van der Waals surface area contributed by atoms with E-state index in [0.717, 1.165) is 77.0 Å². The summed E-state index contributed by atoms with van der Waals surface area (Å²) in [5.41, 5.74) is 0. The summed E-state index contributed by atoms with van der Waals surface area (Å²) < 4.78 is 16.8. The van der Waals surface area contributed by atoms with Gasteiger partial charge in [0.25, 0.3) is 0 Å². The van der Waals surface area contributed by atoms with Crippen LogP contribution in [0.5, 0.6) is 0 Å². The van der Waals surface area contributed by atoms with Gasteiger partial charge in [0.15, 0.2) is 6.10 Å². The van der Waals surface area contributed by atoms with Crippen molar-refractivity contribution in [3.05, 3.63) is 24.3 Å². The molecule has 0 aliphatic carbocycles. The van der Waals surface area contributed by atoms with Gasteiger partial charge in [0.05, 0.1) is 0 Å². The lowest BCUT2D eigenvalue weighted by Crippen LogP contribution is -2.30. The summed E-state index contributed by atoms with van der Waals surface area (Å²) in [7, 11) is 0. The Hall–Kier alpha value is -2.11. The van der Waals surface area contributed by atoms with Crippen LogP contribution < -0.4 is 0 Å². The van der Waals surface area contributed by atoms with Crippen molar-refractivity contribution >= 4 is 17.9 Å². The lowest BCUT2D eigenvalue weighted by Gasteiger charge is -2.18. The second-order valence-corrected chi connectivity index (χ2v) is 18.5. The summed E-state index contributed by atoms with van der Waals surface area (Å²) >= 11 is 0. The molecule has 0 amide bonds. The van der Waals surface area contributed by atoms with Crippen molar-refractivity contribution in [1.29, 1.82) is 0 Å². The van der Waals surface area contributed by atoms with Gasteiger partial charge in [0, 0.05) is 19.3 Å². The molecular formula is C56H104O6. The van der Waals surface area contributed by atoms with E-state index >= 15 is 0 Å². The Bertz CT molecular complexity index is 1000. The quantitative estimate of drug-likeness (QED) is 0.0262. The number of carbonyl (C=O) groups is 3. The lowest BCUT2D eigenvalue weighted by molar-refractivity contribution is -0.167. The van der Waals surface area contributed by atoms with Gasteiger partial charge in [-0.25, -0.2) is 0 Å². The third-order valence-electron chi connectivity index (χ3n) is 12.2. The number of carbonyl (C=O) groups excluding carboxylic acids is 3. The van der Waals surface area contributed by atoms with Crippen LogP contribution >= 0.6 is 0 Å². The number of hydrogen-bond acceptors (Lipinski definition) is 6. The highest BCUT2D eigenvalue weighted by atomic mass is 16.6. The van der Waals surface area contributed by atoms with E-state index < -0.39 is 6.10 Å². The molecule has 62 heavy (non-hydrogen) atoms. The third kappa shape index (κ3) is 48.9. The minimum atomic E-state index is -0.772. The average Bonchev–Trinajstić information content (AvgIpc) is 3.27. The van der Waals surface area contributed by atoms with Gasteiger partial charge in [0.2, 0.25) is 0 Å². The number of unbranched alkanes of at least 4 members (excludes halogenated alkanes) is 35. The van der Waals surface area contributed by atoms with Gasteiger partial charge in [0.1, 0.15) is 13.2 Å². The number of hydrogen-bond donors (Lipinski definition) is 0. The molecule has 1 atom stereocenters. The van der Waals surface area contributed by atoms with Gasteiger partial charge in [-0.15, -0.1) is 0 Å². The minimum Gasteiger partial charge on any atom is -0.462 e. The molecule has 0 rings (SSSR count). The van der Waals surface area contributed by atoms with Gasteiger partial charge in [-0.2, -0.15) is 0 Å². The Balaban J connectivity index is 4.30. The predicted molar refractivity (Wildman–Crippen MR) is 266 cm³/mol. The fourth-order valence-electron chi connectivity index (χ4n) is 8.06. The molecule has 0 saturated heterocycles. The highest BCUT2D eigenvalue weighted by Crippen LogP contribution is 2.16. The second kappa shape index (κ2) is 51.5. The summed E-state index contributed by atoms with van der Waals surface area (Å²) in [5.74, 6) is -0.871. The van der Waals surface area contributed by atoms with Crippen molar-refractivity contribution in [1.82, 2.24) is 0 Å². The highest BCUT2D eigenvalue weighted by Gasteiger charge is 2.19. The number of ether oxygens (including phenoxy) is 3. The summed E-state index contributed by atoms with van der Waals surface area (Å²) in [6.07, 6.45) is 58.8. The molecular weight excluding hydrogens is 769 g/mol. The topological polar surface area (TPSA) is 78.9 Å². The standard InChI is InChI=1S/C56H104O6/c1-4-7-10-13-16-19-22-24-26-28-29-31-32-34-37-40-43-46-49-55(58)61-52-53(51-60-54(57)48-45-42-39-36-21-18-15-12-9-6-3)62-56(59)50-47-44-41-38-35-33-30-27-25-23-20-17-14-11-8-5-2/h20,23,27,30,53H,4-19,21-22,24-26,28-29,31-52H2,1-3H3/b23-20-,30-27-. The van der Waals surface area contributed by atoms with Crippen molar-refractivity contribution < 1.29 is 28.6 Å². The molecule has 0 radical (unpaired) electrons. The van der Waals surface area contributed by atoms with Gasteiger partial charge < -0.3 is 14.2 Å². The molecule has 0 aliphatic heterocycles. The third-order valence-corrected chi connectivity index (χ3v) is 12.2. The van der Waals surface area contributed by atoms with E-state index in [1.807, 2.05) is 0 Å². The number of rotatable bonds is 50. The van der Waals surface area contributed by atoms with Gasteiger partial charge >= 0.3 is 17.9 Å². The molecule has 0 aromatic heterocycles. The highest BCUT2D eigenvalue weighted by molar-refractivity contribution is 5.71. The maximum Gasteiger partial charge on any atom is 0.306 e. The van der Waals surface area contributed by atoms with Crippen LogP contribution in [0, 0.1) is 0 Å². The van der Waals surface area contributed by atoms with E-state index in [4.69, 9.17) is 14.2 Å². The smallest absolute Gasteiger partial charge is 0.306 e. The Labute approximate surface area is 385 Å². The molecule has 0 aliphatic rings. The normalized spacial score (nSPS) is 12.1. The molecule has 364 valence electrons. The average molecular weight is 873 g/mol. The first-order chi connectivity index (χ1) is 30.5. The van der Waals surface area contributed by atoms with E-state index in [2.05, 4.69) is 45.1 Å². The van der Waals surface area contributed by atoms with Crippen LogP contribution in [-0.2, 0) is 28.6 Å². The number of allylic oxidation sites excluding steroid dienone is 4. The molecule has 0 N–H and O–H groups in total. The first-order valence-corrected chi connectivity index (χ1v) is 27.3. The lowest BCUT2D eigenvalue weighted by atomic mass is 10.0. The van der Waals surface area contributed by atoms with Gasteiger partial charge in [-0.1, -0.05) is 251 Å². The summed E-state index contributed by atoms with van der Waals surface area (Å²) in [5, 5.41) is 0. The molecule has 6 heteroatoms. The van der Waals surface area contributed by atoms with Crippen LogP contribution in [0.15, 0.2) is 24.3 Å². The van der Waals surface area contributed by atoms with E-state index in [9.17, 15) is 14.4 Å². The molecule has 1 unspecified atom stereocenters. The van der Waals surface area contributed by atoms with E-state index in [0.29, 0.717) is 19.3 Å². The molecule has 0 aromatic rings. The molecule has 0 fully saturated rings. The van der Waals surface area contributed by atoms with Crippen molar-refractivity contribution in [2.75, 3.05) is 13.2 Å². The van der Waals surface area contributed by atoms with Crippen molar-refractivity contribution in [3.8, 4) is 0 Å². The zero-order valence-corrected chi connectivity index (χ0v) is 41.7. The van der Waals surface area contributed by atoms with E-state index in [1.54, 1.807) is 0 Å². The molecule has 0 saturated carbocycles. The van der Waals surface area contributed by atoms with Gasteiger partial charge in [-0.05, 0) is 51.4 Å². The van der Waals surface area contributed by atoms with Crippen molar-refractivity contribution in [3.63, 3.8) is 0 Å². The largest absolute Gasteiger partial charge is 0.462 e. The predicted octanol–water partition coefficient (Wildman–Crippen LogP) is 17.9. The fourth-order valence-corrected chi connectivity index (χ4v) is 8.06. The minimum absolute atomic E-state index is 0.0720. The first-order valence-electron chi connectivity index (χ1n) is 27.3. The van der Waals surface area contributed by atoms with Crippen molar-refractivity contribution in [2.24, 2.45) is 0 Å². The van der Waals surface area contributed by atoms with Crippen LogP contribution in [0.3, 0.4) is 0 Å². The van der Waals surface area contributed by atoms with Crippen LogP contribution in [0.2, 0.25) is 0 Å². The zero-order chi connectivity index (χ0) is 45.1. The van der Waals surface area contributed by atoms with Crippen LogP contribution in [0.4, 0.5) is 0 Å². The maximum atomic E-state index is 12.8. The second-order valence-electron chi connectivity index (χ2n) is 18.5. The maximum absolute atomic E-state index is 12.8. The Morgan fingerprint density at radius 1 is 0.323 bits per heavy atom. The molecule has 0 bridgehead atoms. The zero-order valence-electron chi connectivity index (χ0n) is 41.7. The fraction of sp³-hybridized carbons (Fsp3) is 0.875. The van der Waals surface area contributed by atoms with E-state index in [1.165, 1.54) is 180 Å². The summed E-state index contributed by atoms with van der Waals surface area (Å²) in [6.45, 7) is 6.64. The summed E-state index contributed by atoms with van der Waals surface area (Å²) in [4.78, 5) is 38.0. The van der Waals surface area contributed by atoms with Gasteiger partial charge in [-0.3, -0.25) is 14.4 Å². The SMILES string of the molecule is CCCCCC/C=C\C/C=C\CCCCCCCC(=O)OC(COC(=O)CCCCCCCCCCCC)COC(=O)CCCCCCCCCCCCCCCCCCCC. The Morgan fingerprint density at radius 2 is 0.581 bits per heavy atom. The van der Waals surface area contributed by atoms with E-state index in [-0.39, 0.29) is 31.1 Å². The van der Waals surface area contributed by atoms with Crippen molar-refractivity contribution in [2.45, 2.75) is 303 Å².